The van der Waals surface area contributed by atoms with Gasteiger partial charge in [-0.25, -0.2) is 0 Å². The fourth-order valence-electron chi connectivity index (χ4n) is 3.03. The van der Waals surface area contributed by atoms with Gasteiger partial charge < -0.3 is 10.3 Å². The Balaban J connectivity index is 2.84. The zero-order valence-electron chi connectivity index (χ0n) is 12.6. The first-order valence-corrected chi connectivity index (χ1v) is 7.07. The van der Waals surface area contributed by atoms with Crippen LogP contribution in [0.25, 0.3) is 11.1 Å². The molecule has 0 atom stereocenters. The van der Waals surface area contributed by atoms with Gasteiger partial charge in [-0.3, -0.25) is 4.79 Å². The van der Waals surface area contributed by atoms with Gasteiger partial charge >= 0.3 is 0 Å². The van der Waals surface area contributed by atoms with Crippen LogP contribution in [0, 0.1) is 6.92 Å². The summed E-state index contributed by atoms with van der Waals surface area (Å²) in [5.41, 5.74) is 10.5. The van der Waals surface area contributed by atoms with E-state index in [4.69, 9.17) is 5.73 Å². The van der Waals surface area contributed by atoms with Crippen molar-refractivity contribution < 1.29 is 4.79 Å². The lowest BCUT2D eigenvalue weighted by molar-refractivity contribution is 0.1000. The molecule has 2 aromatic rings. The number of nitrogens with two attached hydrogens (primary N) is 1. The number of primary amides is 1. The highest BCUT2D eigenvalue weighted by molar-refractivity contribution is 6.02. The Labute approximate surface area is 120 Å². The second-order valence-corrected chi connectivity index (χ2v) is 5.33. The molecule has 106 valence electrons. The van der Waals surface area contributed by atoms with Crippen molar-refractivity contribution in [2.24, 2.45) is 5.73 Å². The van der Waals surface area contributed by atoms with Crippen LogP contribution in [-0.2, 0) is 6.42 Å². The van der Waals surface area contributed by atoms with Gasteiger partial charge in [-0.15, -0.1) is 0 Å². The van der Waals surface area contributed by atoms with Crippen molar-refractivity contribution in [1.82, 2.24) is 4.57 Å². The van der Waals surface area contributed by atoms with E-state index in [1.54, 1.807) is 0 Å². The molecule has 1 heterocycles. The molecule has 1 aromatic heterocycles. The SMILES string of the molecule is CCc1c(-c2ccccc2)c(C(N)=O)c(C)n1C(C)C. The molecule has 2 rings (SSSR count). The third-order valence-corrected chi connectivity index (χ3v) is 3.71. The summed E-state index contributed by atoms with van der Waals surface area (Å²) in [6.45, 7) is 8.36. The van der Waals surface area contributed by atoms with Gasteiger partial charge in [0.2, 0.25) is 0 Å². The average Bonchev–Trinajstić information content (AvgIpc) is 2.72. The molecule has 0 aliphatic heterocycles. The van der Waals surface area contributed by atoms with Crippen LogP contribution >= 0.6 is 0 Å². The van der Waals surface area contributed by atoms with E-state index < -0.39 is 0 Å². The molecule has 0 spiro atoms. The van der Waals surface area contributed by atoms with Crippen LogP contribution in [0.15, 0.2) is 30.3 Å². The Hall–Kier alpha value is -2.03. The molecule has 0 saturated heterocycles. The van der Waals surface area contributed by atoms with Gasteiger partial charge in [0.1, 0.15) is 0 Å². The minimum Gasteiger partial charge on any atom is -0.366 e. The average molecular weight is 270 g/mol. The highest BCUT2D eigenvalue weighted by Crippen LogP contribution is 2.34. The second-order valence-electron chi connectivity index (χ2n) is 5.33. The monoisotopic (exact) mass is 270 g/mol. The minimum atomic E-state index is -0.351. The summed E-state index contributed by atoms with van der Waals surface area (Å²) in [5.74, 6) is -0.351. The van der Waals surface area contributed by atoms with Gasteiger partial charge in [0.15, 0.2) is 0 Å². The molecule has 0 bridgehead atoms. The maximum atomic E-state index is 11.9. The maximum Gasteiger partial charge on any atom is 0.251 e. The first-order valence-electron chi connectivity index (χ1n) is 7.07. The smallest absolute Gasteiger partial charge is 0.251 e. The third-order valence-electron chi connectivity index (χ3n) is 3.71. The largest absolute Gasteiger partial charge is 0.366 e. The molecule has 1 amide bonds. The zero-order chi connectivity index (χ0) is 14.9. The third kappa shape index (κ3) is 2.24. The minimum absolute atomic E-state index is 0.306. The Bertz CT molecular complexity index is 624. The Morgan fingerprint density at radius 3 is 2.30 bits per heavy atom. The lowest BCUT2D eigenvalue weighted by Crippen LogP contribution is -2.14. The number of nitrogens with zero attached hydrogens (tertiary/aromatic N) is 1. The molecule has 20 heavy (non-hydrogen) atoms. The van der Waals surface area contributed by atoms with Gasteiger partial charge in [-0.05, 0) is 32.8 Å². The van der Waals surface area contributed by atoms with E-state index in [-0.39, 0.29) is 5.91 Å². The van der Waals surface area contributed by atoms with Gasteiger partial charge in [0, 0.05) is 23.0 Å². The molecule has 2 N–H and O–H groups in total. The first kappa shape index (κ1) is 14.4. The van der Waals surface area contributed by atoms with Crippen molar-refractivity contribution in [2.45, 2.75) is 40.2 Å². The lowest BCUT2D eigenvalue weighted by atomic mass is 9.99. The van der Waals surface area contributed by atoms with Crippen molar-refractivity contribution in [2.75, 3.05) is 0 Å². The van der Waals surface area contributed by atoms with Crippen LogP contribution in [0.3, 0.4) is 0 Å². The standard InChI is InChI=1S/C17H22N2O/c1-5-14-16(13-9-7-6-8-10-13)15(17(18)20)12(4)19(14)11(2)3/h6-11H,5H2,1-4H3,(H2,18,20). The second kappa shape index (κ2) is 5.53. The van der Waals surface area contributed by atoms with Crippen molar-refractivity contribution in [3.63, 3.8) is 0 Å². The summed E-state index contributed by atoms with van der Waals surface area (Å²) >= 11 is 0. The van der Waals surface area contributed by atoms with E-state index in [1.165, 1.54) is 5.69 Å². The van der Waals surface area contributed by atoms with E-state index in [9.17, 15) is 4.79 Å². The predicted molar refractivity (Wildman–Crippen MR) is 82.9 cm³/mol. The molecular weight excluding hydrogens is 248 g/mol. The Kier molecular flexibility index (Phi) is 3.98. The lowest BCUT2D eigenvalue weighted by Gasteiger charge is -2.15. The molecule has 0 radical (unpaired) electrons. The van der Waals surface area contributed by atoms with Crippen LogP contribution in [0.5, 0.6) is 0 Å². The van der Waals surface area contributed by atoms with Crippen LogP contribution in [0.1, 0.15) is 48.6 Å². The van der Waals surface area contributed by atoms with Crippen molar-refractivity contribution in [3.8, 4) is 11.1 Å². The highest BCUT2D eigenvalue weighted by Gasteiger charge is 2.24. The van der Waals surface area contributed by atoms with Crippen molar-refractivity contribution >= 4 is 5.91 Å². The highest BCUT2D eigenvalue weighted by atomic mass is 16.1. The van der Waals surface area contributed by atoms with Crippen LogP contribution in [0.2, 0.25) is 0 Å². The summed E-state index contributed by atoms with van der Waals surface area (Å²) < 4.78 is 2.22. The number of amides is 1. The molecule has 1 aromatic carbocycles. The number of rotatable bonds is 4. The van der Waals surface area contributed by atoms with Crippen LogP contribution in [0.4, 0.5) is 0 Å². The van der Waals surface area contributed by atoms with Gasteiger partial charge in [-0.1, -0.05) is 37.3 Å². The Morgan fingerprint density at radius 2 is 1.85 bits per heavy atom. The van der Waals surface area contributed by atoms with E-state index >= 15 is 0 Å². The van der Waals surface area contributed by atoms with Crippen LogP contribution < -0.4 is 5.73 Å². The van der Waals surface area contributed by atoms with E-state index in [0.29, 0.717) is 11.6 Å². The molecule has 0 saturated carbocycles. The Morgan fingerprint density at radius 1 is 1.25 bits per heavy atom. The number of benzene rings is 1. The molecular formula is C17H22N2O. The summed E-state index contributed by atoms with van der Waals surface area (Å²) in [4.78, 5) is 11.9. The van der Waals surface area contributed by atoms with Crippen molar-refractivity contribution in [3.05, 3.63) is 47.3 Å². The number of carbonyl (C=O) groups excluding carboxylic acids is 1. The summed E-state index contributed by atoms with van der Waals surface area (Å²) in [7, 11) is 0. The molecule has 3 heteroatoms. The number of carbonyl (C=O) groups is 1. The van der Waals surface area contributed by atoms with Gasteiger partial charge in [0.05, 0.1) is 5.56 Å². The topological polar surface area (TPSA) is 48.0 Å². The number of aromatic nitrogens is 1. The van der Waals surface area contributed by atoms with Gasteiger partial charge in [0.25, 0.3) is 5.91 Å². The van der Waals surface area contributed by atoms with Gasteiger partial charge in [-0.2, -0.15) is 0 Å². The quantitative estimate of drug-likeness (QED) is 0.904. The summed E-state index contributed by atoms with van der Waals surface area (Å²) in [5, 5.41) is 0. The number of hydrogen-bond acceptors (Lipinski definition) is 1. The molecule has 0 aliphatic rings. The van der Waals surface area contributed by atoms with E-state index in [0.717, 1.165) is 23.2 Å². The molecule has 0 aliphatic carbocycles. The van der Waals surface area contributed by atoms with E-state index in [1.807, 2.05) is 37.3 Å². The van der Waals surface area contributed by atoms with E-state index in [2.05, 4.69) is 25.3 Å². The summed E-state index contributed by atoms with van der Waals surface area (Å²) in [6.07, 6.45) is 0.872. The maximum absolute atomic E-state index is 11.9. The first-order chi connectivity index (χ1) is 9.49. The normalized spacial score (nSPS) is 11.1. The fraction of sp³-hybridized carbons (Fsp3) is 0.353. The molecule has 0 fully saturated rings. The molecule has 3 nitrogen and oxygen atoms in total. The zero-order valence-corrected chi connectivity index (χ0v) is 12.6. The molecule has 0 unspecified atom stereocenters. The van der Waals surface area contributed by atoms with Crippen LogP contribution in [-0.4, -0.2) is 10.5 Å². The predicted octanol–water partition coefficient (Wildman–Crippen LogP) is 3.71. The van der Waals surface area contributed by atoms with Crippen molar-refractivity contribution in [1.29, 1.82) is 0 Å². The summed E-state index contributed by atoms with van der Waals surface area (Å²) in [6, 6.07) is 10.3. The number of hydrogen-bond donors (Lipinski definition) is 1. The fourth-order valence-corrected chi connectivity index (χ4v) is 3.03.